The summed E-state index contributed by atoms with van der Waals surface area (Å²) < 4.78 is 0. The van der Waals surface area contributed by atoms with Crippen molar-refractivity contribution in [3.8, 4) is 0 Å². The van der Waals surface area contributed by atoms with E-state index in [1.165, 1.54) is 0 Å². The minimum absolute atomic E-state index is 0.261. The minimum Gasteiger partial charge on any atom is -0.390 e. The highest BCUT2D eigenvalue weighted by Crippen LogP contribution is 2.22. The van der Waals surface area contributed by atoms with Crippen LogP contribution in [0.25, 0.3) is 0 Å². The molecule has 0 fully saturated rings. The molecule has 2 N–H and O–H groups in total. The van der Waals surface area contributed by atoms with Gasteiger partial charge in [-0.3, -0.25) is 0 Å². The topological polar surface area (TPSA) is 40.5 Å². The van der Waals surface area contributed by atoms with E-state index in [2.05, 4.69) is 6.58 Å². The van der Waals surface area contributed by atoms with Gasteiger partial charge in [-0.2, -0.15) is 0 Å². The van der Waals surface area contributed by atoms with E-state index in [1.807, 2.05) is 20.8 Å². The molecule has 2 nitrogen and oxygen atoms in total. The molecule has 0 heterocycles. The molecule has 0 saturated heterocycles. The van der Waals surface area contributed by atoms with Crippen LogP contribution in [0.1, 0.15) is 27.2 Å². The molecule has 11 heavy (non-hydrogen) atoms. The fourth-order valence-electron chi connectivity index (χ4n) is 0.877. The Labute approximate surface area is 68.6 Å². The number of aliphatic hydroxyl groups excluding tert-OH is 2. The van der Waals surface area contributed by atoms with Crippen LogP contribution in [-0.4, -0.2) is 22.4 Å². The number of hydrogen-bond acceptors (Lipinski definition) is 2. The molecule has 0 aliphatic carbocycles. The van der Waals surface area contributed by atoms with Gasteiger partial charge in [0.15, 0.2) is 0 Å². The number of rotatable bonds is 3. The van der Waals surface area contributed by atoms with Crippen molar-refractivity contribution in [2.75, 3.05) is 0 Å². The molecule has 0 spiro atoms. The van der Waals surface area contributed by atoms with E-state index in [4.69, 9.17) is 0 Å². The highest BCUT2D eigenvalue weighted by Gasteiger charge is 2.27. The fraction of sp³-hybridized carbons (Fsp3) is 0.778. The van der Waals surface area contributed by atoms with Gasteiger partial charge in [0.1, 0.15) is 0 Å². The Bertz CT molecular complexity index is 124. The van der Waals surface area contributed by atoms with Crippen LogP contribution in [0.4, 0.5) is 0 Å². The van der Waals surface area contributed by atoms with Crippen LogP contribution in [0.5, 0.6) is 0 Å². The van der Waals surface area contributed by atoms with Crippen LogP contribution in [0, 0.1) is 5.41 Å². The molecule has 0 rings (SSSR count). The quantitative estimate of drug-likeness (QED) is 0.608. The van der Waals surface area contributed by atoms with E-state index in [1.54, 1.807) is 6.08 Å². The summed E-state index contributed by atoms with van der Waals surface area (Å²) >= 11 is 0. The molecule has 0 aromatic rings. The largest absolute Gasteiger partial charge is 0.390 e. The lowest BCUT2D eigenvalue weighted by Gasteiger charge is -2.29. The molecular weight excluding hydrogens is 140 g/mol. The minimum atomic E-state index is -0.688. The summed E-state index contributed by atoms with van der Waals surface area (Å²) in [5.74, 6) is 0. The normalized spacial score (nSPS) is 17.5. The van der Waals surface area contributed by atoms with Gasteiger partial charge >= 0.3 is 0 Å². The summed E-state index contributed by atoms with van der Waals surface area (Å²) in [5, 5.41) is 18.8. The number of hydrogen-bond donors (Lipinski definition) is 2. The zero-order chi connectivity index (χ0) is 9.07. The molecule has 0 aliphatic heterocycles. The van der Waals surface area contributed by atoms with Gasteiger partial charge in [0.2, 0.25) is 0 Å². The molecule has 2 unspecified atom stereocenters. The Morgan fingerprint density at radius 3 is 2.09 bits per heavy atom. The summed E-state index contributed by atoms with van der Waals surface area (Å²) in [5.41, 5.74) is -0.261. The van der Waals surface area contributed by atoms with E-state index >= 15 is 0 Å². The van der Waals surface area contributed by atoms with E-state index < -0.39 is 12.2 Å². The van der Waals surface area contributed by atoms with Gasteiger partial charge in [-0.05, 0) is 11.8 Å². The molecular formula is C9H18O2. The van der Waals surface area contributed by atoms with Gasteiger partial charge in [-0.15, -0.1) is 6.58 Å². The molecule has 0 aliphatic rings. The molecule has 0 radical (unpaired) electrons. The third-order valence-electron chi connectivity index (χ3n) is 1.66. The van der Waals surface area contributed by atoms with Crippen LogP contribution in [0.15, 0.2) is 12.7 Å². The Hall–Kier alpha value is -0.340. The van der Waals surface area contributed by atoms with Gasteiger partial charge < -0.3 is 10.2 Å². The third-order valence-corrected chi connectivity index (χ3v) is 1.66. The molecule has 0 amide bonds. The molecule has 2 heteroatoms. The summed E-state index contributed by atoms with van der Waals surface area (Å²) in [6, 6.07) is 0. The van der Waals surface area contributed by atoms with Crippen LogP contribution in [-0.2, 0) is 0 Å². The second kappa shape index (κ2) is 3.88. The van der Waals surface area contributed by atoms with Crippen LogP contribution in [0.3, 0.4) is 0 Å². The fourth-order valence-corrected chi connectivity index (χ4v) is 0.877. The third kappa shape index (κ3) is 3.54. The van der Waals surface area contributed by atoms with Crippen LogP contribution < -0.4 is 0 Å². The van der Waals surface area contributed by atoms with E-state index in [0.717, 1.165) is 0 Å². The Kier molecular flexibility index (Phi) is 3.76. The molecule has 0 bridgehead atoms. The zero-order valence-electron chi connectivity index (χ0n) is 7.54. The lowest BCUT2D eigenvalue weighted by atomic mass is 9.85. The summed E-state index contributed by atoms with van der Waals surface area (Å²) in [6.45, 7) is 9.17. The average molecular weight is 158 g/mol. The maximum atomic E-state index is 9.49. The first kappa shape index (κ1) is 10.7. The standard InChI is InChI=1S/C9H18O2/c1-5-6-7(10)8(11)9(2,3)4/h5,7-8,10-11H,1,6H2,2-4H3. The maximum Gasteiger partial charge on any atom is 0.0850 e. The highest BCUT2D eigenvalue weighted by atomic mass is 16.3. The van der Waals surface area contributed by atoms with Gasteiger partial charge in [0.25, 0.3) is 0 Å². The molecule has 66 valence electrons. The summed E-state index contributed by atoms with van der Waals surface area (Å²) in [7, 11) is 0. The molecule has 0 saturated carbocycles. The number of aliphatic hydroxyl groups is 2. The van der Waals surface area contributed by atoms with Crippen molar-refractivity contribution in [2.24, 2.45) is 5.41 Å². The van der Waals surface area contributed by atoms with Crippen molar-refractivity contribution in [3.05, 3.63) is 12.7 Å². The first-order chi connectivity index (χ1) is 4.89. The van der Waals surface area contributed by atoms with Crippen molar-refractivity contribution in [3.63, 3.8) is 0 Å². The lowest BCUT2D eigenvalue weighted by Crippen LogP contribution is -2.37. The van der Waals surface area contributed by atoms with E-state index in [0.29, 0.717) is 6.42 Å². The Morgan fingerprint density at radius 1 is 1.36 bits per heavy atom. The van der Waals surface area contributed by atoms with Crippen molar-refractivity contribution in [1.29, 1.82) is 0 Å². The predicted molar refractivity (Wildman–Crippen MR) is 46.3 cm³/mol. The first-order valence-corrected chi connectivity index (χ1v) is 3.86. The van der Waals surface area contributed by atoms with Gasteiger partial charge in [0.05, 0.1) is 12.2 Å². The van der Waals surface area contributed by atoms with Gasteiger partial charge in [0, 0.05) is 0 Å². The zero-order valence-corrected chi connectivity index (χ0v) is 7.54. The highest BCUT2D eigenvalue weighted by molar-refractivity contribution is 4.84. The SMILES string of the molecule is C=CCC(O)C(O)C(C)(C)C. The van der Waals surface area contributed by atoms with Gasteiger partial charge in [-0.25, -0.2) is 0 Å². The molecule has 0 aromatic carbocycles. The van der Waals surface area contributed by atoms with Crippen molar-refractivity contribution in [1.82, 2.24) is 0 Å². The first-order valence-electron chi connectivity index (χ1n) is 3.86. The second-order valence-corrected chi connectivity index (χ2v) is 3.90. The monoisotopic (exact) mass is 158 g/mol. The maximum absolute atomic E-state index is 9.49. The van der Waals surface area contributed by atoms with Crippen LogP contribution >= 0.6 is 0 Å². The Morgan fingerprint density at radius 2 is 1.82 bits per heavy atom. The predicted octanol–water partition coefficient (Wildman–Crippen LogP) is 1.33. The van der Waals surface area contributed by atoms with E-state index in [9.17, 15) is 10.2 Å². The van der Waals surface area contributed by atoms with Gasteiger partial charge in [-0.1, -0.05) is 26.8 Å². The Balaban J connectivity index is 4.01. The van der Waals surface area contributed by atoms with Crippen molar-refractivity contribution < 1.29 is 10.2 Å². The smallest absolute Gasteiger partial charge is 0.0850 e. The lowest BCUT2D eigenvalue weighted by molar-refractivity contribution is -0.0422. The average Bonchev–Trinajstić information content (AvgIpc) is 1.85. The van der Waals surface area contributed by atoms with Crippen molar-refractivity contribution in [2.45, 2.75) is 39.4 Å². The summed E-state index contributed by atoms with van der Waals surface area (Å²) in [4.78, 5) is 0. The van der Waals surface area contributed by atoms with E-state index in [-0.39, 0.29) is 5.41 Å². The second-order valence-electron chi connectivity index (χ2n) is 3.90. The molecule has 0 aromatic heterocycles. The molecule has 2 atom stereocenters. The van der Waals surface area contributed by atoms with Crippen molar-refractivity contribution >= 4 is 0 Å². The van der Waals surface area contributed by atoms with Crippen LogP contribution in [0.2, 0.25) is 0 Å². The summed E-state index contributed by atoms with van der Waals surface area (Å²) in [6.07, 6.45) is 0.686.